The summed E-state index contributed by atoms with van der Waals surface area (Å²) in [5, 5.41) is 14.0. The van der Waals surface area contributed by atoms with Crippen LogP contribution in [-0.4, -0.2) is 5.11 Å². The van der Waals surface area contributed by atoms with E-state index in [1.165, 1.54) is 21.9 Å². The van der Waals surface area contributed by atoms with Crippen LogP contribution in [0.25, 0.3) is 10.8 Å². The Morgan fingerprint density at radius 1 is 0.857 bits per heavy atom. The lowest BCUT2D eigenvalue weighted by molar-refractivity contribution is 0.0109. The Kier molecular flexibility index (Phi) is 2.06. The maximum Gasteiger partial charge on any atom is 0.122 e. The Morgan fingerprint density at radius 2 is 1.67 bits per heavy atom. The minimum Gasteiger partial charge on any atom is -0.380 e. The number of fused-ring (bicyclic) bond motifs is 8. The quantitative estimate of drug-likeness (QED) is 0.652. The van der Waals surface area contributed by atoms with E-state index in [1.54, 1.807) is 0 Å². The van der Waals surface area contributed by atoms with Crippen LogP contribution in [0.2, 0.25) is 0 Å². The van der Waals surface area contributed by atoms with Gasteiger partial charge in [-0.05, 0) is 45.9 Å². The highest BCUT2D eigenvalue weighted by Crippen LogP contribution is 2.60. The van der Waals surface area contributed by atoms with Crippen molar-refractivity contribution in [3.63, 3.8) is 0 Å². The first-order valence-corrected chi connectivity index (χ1v) is 7.63. The van der Waals surface area contributed by atoms with Crippen molar-refractivity contribution in [1.82, 2.24) is 0 Å². The average Bonchev–Trinajstić information content (AvgIpc) is 2.53. The highest BCUT2D eigenvalue weighted by molar-refractivity contribution is 5.90. The molecule has 0 amide bonds. The van der Waals surface area contributed by atoms with Crippen molar-refractivity contribution >= 4 is 10.8 Å². The van der Waals surface area contributed by atoms with Crippen LogP contribution in [0, 0.1) is 0 Å². The van der Waals surface area contributed by atoms with E-state index in [0.717, 1.165) is 24.0 Å². The van der Waals surface area contributed by atoms with Crippen LogP contribution in [0.5, 0.6) is 0 Å². The molecule has 2 aliphatic carbocycles. The molecular formula is C20H16O. The van der Waals surface area contributed by atoms with E-state index in [2.05, 4.69) is 54.6 Å². The molecule has 1 N–H and O–H groups in total. The van der Waals surface area contributed by atoms with Crippen LogP contribution in [0.3, 0.4) is 0 Å². The van der Waals surface area contributed by atoms with E-state index in [-0.39, 0.29) is 5.92 Å². The predicted molar refractivity (Wildman–Crippen MR) is 84.5 cm³/mol. The summed E-state index contributed by atoms with van der Waals surface area (Å²) in [5.74, 6) is 0.244. The zero-order valence-corrected chi connectivity index (χ0v) is 11.7. The SMILES string of the molecule is OC12c3ccccc3CCC1c1c2ccc2ccccc12. The molecule has 3 aromatic carbocycles. The van der Waals surface area contributed by atoms with E-state index in [1.807, 2.05) is 6.07 Å². The minimum absolute atomic E-state index is 0.244. The van der Waals surface area contributed by atoms with Crippen LogP contribution in [0.4, 0.5) is 0 Å². The van der Waals surface area contributed by atoms with Gasteiger partial charge in [-0.25, -0.2) is 0 Å². The van der Waals surface area contributed by atoms with Gasteiger partial charge < -0.3 is 5.11 Å². The van der Waals surface area contributed by atoms with Crippen molar-refractivity contribution in [1.29, 1.82) is 0 Å². The molecule has 5 rings (SSSR count). The molecule has 3 aromatic rings. The summed E-state index contributed by atoms with van der Waals surface area (Å²) >= 11 is 0. The lowest BCUT2D eigenvalue weighted by Gasteiger charge is -2.52. The van der Waals surface area contributed by atoms with E-state index >= 15 is 0 Å². The summed E-state index contributed by atoms with van der Waals surface area (Å²) < 4.78 is 0. The van der Waals surface area contributed by atoms with Gasteiger partial charge in [0.15, 0.2) is 0 Å². The van der Waals surface area contributed by atoms with E-state index < -0.39 is 5.60 Å². The van der Waals surface area contributed by atoms with Crippen LogP contribution in [-0.2, 0) is 12.0 Å². The number of benzene rings is 3. The number of hydrogen-bond donors (Lipinski definition) is 1. The molecule has 0 bridgehead atoms. The monoisotopic (exact) mass is 272 g/mol. The fourth-order valence-corrected chi connectivity index (χ4v) is 4.42. The fraction of sp³-hybridized carbons (Fsp3) is 0.200. The second-order valence-corrected chi connectivity index (χ2v) is 6.26. The third-order valence-corrected chi connectivity index (χ3v) is 5.36. The van der Waals surface area contributed by atoms with Crippen molar-refractivity contribution in [3.05, 3.63) is 82.9 Å². The summed E-state index contributed by atoms with van der Waals surface area (Å²) in [4.78, 5) is 0. The molecule has 0 aromatic heterocycles. The average molecular weight is 272 g/mol. The molecule has 0 fully saturated rings. The van der Waals surface area contributed by atoms with Crippen molar-refractivity contribution in [2.75, 3.05) is 0 Å². The lowest BCUT2D eigenvalue weighted by Crippen LogP contribution is -2.47. The zero-order valence-electron chi connectivity index (χ0n) is 11.7. The number of aliphatic hydroxyl groups is 1. The van der Waals surface area contributed by atoms with Gasteiger partial charge in [0.2, 0.25) is 0 Å². The molecule has 1 nitrogen and oxygen atoms in total. The number of hydrogen-bond acceptors (Lipinski definition) is 1. The summed E-state index contributed by atoms with van der Waals surface area (Å²) in [6.07, 6.45) is 2.10. The van der Waals surface area contributed by atoms with Crippen molar-refractivity contribution in [3.8, 4) is 0 Å². The maximum atomic E-state index is 11.4. The molecule has 2 unspecified atom stereocenters. The summed E-state index contributed by atoms with van der Waals surface area (Å²) in [7, 11) is 0. The van der Waals surface area contributed by atoms with Crippen LogP contribution >= 0.6 is 0 Å². The molecule has 0 heterocycles. The zero-order chi connectivity index (χ0) is 14.0. The van der Waals surface area contributed by atoms with Gasteiger partial charge in [0.25, 0.3) is 0 Å². The Labute approximate surface area is 123 Å². The van der Waals surface area contributed by atoms with Gasteiger partial charge in [-0.3, -0.25) is 0 Å². The van der Waals surface area contributed by atoms with E-state index in [9.17, 15) is 5.11 Å². The predicted octanol–water partition coefficient (Wildman–Crippen LogP) is 4.12. The third-order valence-electron chi connectivity index (χ3n) is 5.36. The molecule has 0 saturated heterocycles. The van der Waals surface area contributed by atoms with Gasteiger partial charge in [-0.2, -0.15) is 0 Å². The minimum atomic E-state index is -0.770. The second-order valence-electron chi connectivity index (χ2n) is 6.26. The van der Waals surface area contributed by atoms with Crippen LogP contribution in [0.1, 0.15) is 34.6 Å². The van der Waals surface area contributed by atoms with Gasteiger partial charge in [0, 0.05) is 5.92 Å². The summed E-state index contributed by atoms with van der Waals surface area (Å²) in [6, 6.07) is 21.1. The molecule has 2 aliphatic rings. The molecule has 0 saturated carbocycles. The Balaban J connectivity index is 1.83. The molecule has 0 radical (unpaired) electrons. The Morgan fingerprint density at radius 3 is 2.62 bits per heavy atom. The maximum absolute atomic E-state index is 11.4. The van der Waals surface area contributed by atoms with Crippen LogP contribution in [0.15, 0.2) is 60.7 Å². The first-order valence-electron chi connectivity index (χ1n) is 7.63. The van der Waals surface area contributed by atoms with Gasteiger partial charge in [-0.1, -0.05) is 60.7 Å². The van der Waals surface area contributed by atoms with Crippen LogP contribution < -0.4 is 0 Å². The second kappa shape index (κ2) is 3.75. The standard InChI is InChI=1S/C20H16O/c21-20-16-8-4-2-6-14(16)10-12-18(20)19-15-7-3-1-5-13(15)9-11-17(19)20/h1-9,11,18,21H,10,12H2. The van der Waals surface area contributed by atoms with E-state index in [0.29, 0.717) is 0 Å². The summed E-state index contributed by atoms with van der Waals surface area (Å²) in [5.41, 5.74) is 4.12. The summed E-state index contributed by atoms with van der Waals surface area (Å²) in [6.45, 7) is 0. The van der Waals surface area contributed by atoms with Gasteiger partial charge in [0.05, 0.1) is 0 Å². The molecule has 0 spiro atoms. The fourth-order valence-electron chi connectivity index (χ4n) is 4.42. The molecule has 2 atom stereocenters. The van der Waals surface area contributed by atoms with Gasteiger partial charge in [-0.15, -0.1) is 0 Å². The highest BCUT2D eigenvalue weighted by Gasteiger charge is 2.54. The smallest absolute Gasteiger partial charge is 0.122 e. The highest BCUT2D eigenvalue weighted by atomic mass is 16.3. The number of aryl methyl sites for hydroxylation is 1. The first kappa shape index (κ1) is 11.5. The van der Waals surface area contributed by atoms with Crippen molar-refractivity contribution in [2.45, 2.75) is 24.4 Å². The third kappa shape index (κ3) is 1.26. The normalized spacial score (nSPS) is 25.7. The molecule has 1 heteroatoms. The first-order chi connectivity index (χ1) is 10.3. The van der Waals surface area contributed by atoms with Gasteiger partial charge >= 0.3 is 0 Å². The Bertz CT molecular complexity index is 880. The molecule has 21 heavy (non-hydrogen) atoms. The van der Waals surface area contributed by atoms with Crippen molar-refractivity contribution < 1.29 is 5.11 Å². The largest absolute Gasteiger partial charge is 0.380 e. The van der Waals surface area contributed by atoms with Gasteiger partial charge in [0.1, 0.15) is 5.60 Å². The molecule has 102 valence electrons. The van der Waals surface area contributed by atoms with E-state index in [4.69, 9.17) is 0 Å². The molecular weight excluding hydrogens is 256 g/mol. The number of rotatable bonds is 0. The molecule has 0 aliphatic heterocycles. The van der Waals surface area contributed by atoms with Crippen molar-refractivity contribution in [2.24, 2.45) is 0 Å². The lowest BCUT2D eigenvalue weighted by atomic mass is 9.55. The Hall–Kier alpha value is -2.12. The topological polar surface area (TPSA) is 20.2 Å².